The molecule has 4 N–H and O–H groups in total. The zero-order valence-electron chi connectivity index (χ0n) is 23.4. The molecule has 1 unspecified atom stereocenters. The quantitative estimate of drug-likeness (QED) is 0.281. The smallest absolute Gasteiger partial charge is 0.344 e. The van der Waals surface area contributed by atoms with Crippen LogP contribution in [-0.4, -0.2) is 86.4 Å². The number of rotatable bonds is 10. The van der Waals surface area contributed by atoms with Gasteiger partial charge in [0.2, 0.25) is 11.8 Å². The Morgan fingerprint density at radius 2 is 2.05 bits per heavy atom. The minimum absolute atomic E-state index is 0.00797. The Bertz CT molecular complexity index is 1230. The van der Waals surface area contributed by atoms with Crippen LogP contribution in [0.3, 0.4) is 0 Å². The number of nitrogens with zero attached hydrogens (tertiary/aromatic N) is 5. The number of nitrogen functional groups attached to an aromatic ring is 1. The molecule has 14 nitrogen and oxygen atoms in total. The molecule has 0 amide bonds. The Balaban J connectivity index is 1.47. The second-order valence-electron chi connectivity index (χ2n) is 11.6. The van der Waals surface area contributed by atoms with E-state index >= 15 is 0 Å². The summed E-state index contributed by atoms with van der Waals surface area (Å²) in [5, 5.41) is 14.1. The fourth-order valence-corrected chi connectivity index (χ4v) is 6.86. The number of carbonyl (C=O) groups is 1. The molecule has 4 rings (SSSR count). The lowest BCUT2D eigenvalue weighted by Gasteiger charge is -2.30. The topological polar surface area (TPSA) is 176 Å². The first-order valence-corrected chi connectivity index (χ1v) is 14.7. The summed E-state index contributed by atoms with van der Waals surface area (Å²) in [6.07, 6.45) is 1.93. The number of ether oxygens (including phenoxy) is 3. The molecule has 0 spiro atoms. The second-order valence-corrected chi connectivity index (χ2v) is 13.7. The van der Waals surface area contributed by atoms with E-state index in [0.29, 0.717) is 24.3 Å². The number of esters is 1. The van der Waals surface area contributed by atoms with E-state index in [1.54, 1.807) is 23.1 Å². The van der Waals surface area contributed by atoms with Crippen LogP contribution >= 0.6 is 7.67 Å². The van der Waals surface area contributed by atoms with Crippen LogP contribution in [0, 0.1) is 5.41 Å². The van der Waals surface area contributed by atoms with Crippen molar-refractivity contribution in [3.8, 4) is 5.88 Å². The average Bonchev–Trinajstić information content (AvgIpc) is 3.59. The number of aliphatic hydroxyl groups is 1. The van der Waals surface area contributed by atoms with Crippen molar-refractivity contribution in [3.63, 3.8) is 0 Å². The third-order valence-electron chi connectivity index (χ3n) is 6.60. The lowest BCUT2D eigenvalue weighted by atomic mass is 9.99. The summed E-state index contributed by atoms with van der Waals surface area (Å²) in [6, 6.07) is -0.850. The summed E-state index contributed by atoms with van der Waals surface area (Å²) >= 11 is 0. The molecule has 39 heavy (non-hydrogen) atoms. The predicted molar refractivity (Wildman–Crippen MR) is 143 cm³/mol. The highest BCUT2D eigenvalue weighted by Crippen LogP contribution is 2.50. The molecule has 2 aliphatic heterocycles. The first-order chi connectivity index (χ1) is 18.2. The lowest BCUT2D eigenvalue weighted by Crippen LogP contribution is -2.39. The van der Waals surface area contributed by atoms with Crippen LogP contribution in [0.25, 0.3) is 11.2 Å². The van der Waals surface area contributed by atoms with Crippen molar-refractivity contribution in [2.45, 2.75) is 77.9 Å². The van der Waals surface area contributed by atoms with Crippen LogP contribution in [0.4, 0.5) is 5.95 Å². The minimum Gasteiger partial charge on any atom is -0.479 e. The van der Waals surface area contributed by atoms with Crippen LogP contribution in [0.5, 0.6) is 5.88 Å². The van der Waals surface area contributed by atoms with Crippen LogP contribution in [0.2, 0.25) is 0 Å². The van der Waals surface area contributed by atoms with Crippen molar-refractivity contribution in [1.82, 2.24) is 29.3 Å². The third-order valence-corrected chi connectivity index (χ3v) is 8.95. The highest BCUT2D eigenvalue weighted by atomic mass is 31.2. The maximum absolute atomic E-state index is 14.0. The summed E-state index contributed by atoms with van der Waals surface area (Å²) in [5.41, 5.74) is 5.03. The van der Waals surface area contributed by atoms with Gasteiger partial charge in [-0.3, -0.25) is 13.9 Å². The van der Waals surface area contributed by atoms with E-state index in [1.807, 2.05) is 20.8 Å². The van der Waals surface area contributed by atoms with Crippen molar-refractivity contribution < 1.29 is 33.2 Å². The van der Waals surface area contributed by atoms with Crippen molar-refractivity contribution in [1.29, 1.82) is 0 Å². The third kappa shape index (κ3) is 6.69. The van der Waals surface area contributed by atoms with Gasteiger partial charge in [-0.1, -0.05) is 20.8 Å². The Kier molecular flexibility index (Phi) is 8.56. The van der Waals surface area contributed by atoms with Crippen molar-refractivity contribution in [3.05, 3.63) is 6.33 Å². The molecule has 0 aromatic carbocycles. The first kappa shape index (κ1) is 29.6. The van der Waals surface area contributed by atoms with E-state index in [1.165, 1.54) is 13.4 Å². The van der Waals surface area contributed by atoms with E-state index < -0.39 is 37.6 Å². The Labute approximate surface area is 228 Å². The van der Waals surface area contributed by atoms with Crippen LogP contribution < -0.4 is 15.6 Å². The second kappa shape index (κ2) is 11.3. The van der Waals surface area contributed by atoms with Gasteiger partial charge in [0.25, 0.3) is 0 Å². The van der Waals surface area contributed by atoms with E-state index in [2.05, 4.69) is 20.0 Å². The molecular weight excluding hydrogens is 529 g/mol. The minimum atomic E-state index is -3.62. The normalized spacial score (nSPS) is 26.5. The predicted octanol–water partition coefficient (Wildman–Crippen LogP) is 2.24. The van der Waals surface area contributed by atoms with Crippen LogP contribution in [-0.2, 0) is 23.4 Å². The van der Waals surface area contributed by atoms with E-state index in [-0.39, 0.29) is 36.9 Å². The van der Waals surface area contributed by atoms with E-state index in [4.69, 9.17) is 24.5 Å². The molecule has 2 saturated heterocycles. The van der Waals surface area contributed by atoms with Gasteiger partial charge in [0.15, 0.2) is 17.4 Å². The van der Waals surface area contributed by atoms with Gasteiger partial charge < -0.3 is 29.6 Å². The van der Waals surface area contributed by atoms with E-state index in [9.17, 15) is 14.5 Å². The molecule has 2 aromatic heterocycles. The molecule has 0 radical (unpaired) electrons. The maximum Gasteiger partial charge on any atom is 0.344 e. The summed E-state index contributed by atoms with van der Waals surface area (Å²) in [7, 11) is -2.17. The highest BCUT2D eigenvalue weighted by Gasteiger charge is 2.47. The van der Waals surface area contributed by atoms with Crippen molar-refractivity contribution >= 4 is 30.8 Å². The maximum atomic E-state index is 14.0. The van der Waals surface area contributed by atoms with Gasteiger partial charge in [0.1, 0.15) is 11.6 Å². The van der Waals surface area contributed by atoms with Gasteiger partial charge in [-0.05, 0) is 32.1 Å². The summed E-state index contributed by atoms with van der Waals surface area (Å²) in [6.45, 7) is 10.4. The van der Waals surface area contributed by atoms with Crippen molar-refractivity contribution in [2.24, 2.45) is 5.41 Å². The molecule has 5 atom stereocenters. The number of methoxy groups -OCH3 is 1. The lowest BCUT2D eigenvalue weighted by molar-refractivity contribution is -0.148. The molecular formula is C24H40N7O7P. The molecule has 2 aliphatic rings. The van der Waals surface area contributed by atoms with Crippen LogP contribution in [0.15, 0.2) is 6.33 Å². The first-order valence-electron chi connectivity index (χ1n) is 13.1. The zero-order valence-corrected chi connectivity index (χ0v) is 24.3. The summed E-state index contributed by atoms with van der Waals surface area (Å²) < 4.78 is 40.2. The molecule has 15 heteroatoms. The molecule has 218 valence electrons. The Hall–Kier alpha value is -2.35. The molecule has 2 fully saturated rings. The van der Waals surface area contributed by atoms with Gasteiger partial charge in [-0.2, -0.15) is 9.97 Å². The summed E-state index contributed by atoms with van der Waals surface area (Å²) in [5.74, 6) is -0.301. The molecule has 0 aliphatic carbocycles. The zero-order chi connectivity index (χ0) is 28.6. The standard InChI is InChI=1S/C24H40N7O7P/c1-15(20(32)36-13-23(2,3)4)29-39(34,30-9-7-8-10-30)37-12-16-11-24(5,33)21(38-16)31-14-26-17-18(31)27-22(25)28-19(17)35-6/h14-16,21,33H,7-13H2,1-6H3,(H,29,34)(H2,25,27,28)/t15-,16-,21+,24+,39?/m0/s1. The SMILES string of the molecule is COc1nc(N)nc2c1ncn2[C@@H]1O[C@H](COP(=O)(N[C@@H](C)C(=O)OCC(C)(C)C)N2CCCC2)C[C@@]1(C)O. The number of carbonyl (C=O) groups excluding carboxylic acids is 1. The number of fused-ring (bicyclic) bond motifs is 1. The fraction of sp³-hybridized carbons (Fsp3) is 0.750. The fourth-order valence-electron chi connectivity index (χ4n) is 4.68. The highest BCUT2D eigenvalue weighted by molar-refractivity contribution is 7.54. The number of imidazole rings is 1. The van der Waals surface area contributed by atoms with Gasteiger partial charge in [0.05, 0.1) is 32.8 Å². The van der Waals surface area contributed by atoms with Gasteiger partial charge >= 0.3 is 13.6 Å². The van der Waals surface area contributed by atoms with Gasteiger partial charge in [-0.25, -0.2) is 14.7 Å². The summed E-state index contributed by atoms with van der Waals surface area (Å²) in [4.78, 5) is 25.2. The van der Waals surface area contributed by atoms with Gasteiger partial charge in [0, 0.05) is 19.5 Å². The largest absolute Gasteiger partial charge is 0.479 e. The van der Waals surface area contributed by atoms with Crippen molar-refractivity contribution in [2.75, 3.05) is 39.1 Å². The number of hydrogen-bond acceptors (Lipinski definition) is 11. The molecule has 0 saturated carbocycles. The number of hydrogen-bond donors (Lipinski definition) is 3. The number of anilines is 1. The monoisotopic (exact) mass is 569 g/mol. The van der Waals surface area contributed by atoms with Crippen LogP contribution in [0.1, 0.15) is 60.1 Å². The number of nitrogens with one attached hydrogen (secondary N) is 1. The number of aromatic nitrogens is 4. The molecule has 2 aromatic rings. The van der Waals surface area contributed by atoms with E-state index in [0.717, 1.165) is 12.8 Å². The Morgan fingerprint density at radius 3 is 2.69 bits per heavy atom. The van der Waals surface area contributed by atoms with Gasteiger partial charge in [-0.15, -0.1) is 0 Å². The average molecular weight is 570 g/mol. The number of nitrogens with two attached hydrogens (primary N) is 1. The molecule has 0 bridgehead atoms. The molecule has 4 heterocycles. The Morgan fingerprint density at radius 1 is 1.36 bits per heavy atom.